The molecule has 0 fully saturated rings. The fraction of sp³-hybridized carbons (Fsp3) is 0.143. The van der Waals surface area contributed by atoms with Crippen LogP contribution in [0.15, 0.2) is 40.9 Å². The number of halogens is 6. The molecular weight excluding hydrogens is 390 g/mol. The van der Waals surface area contributed by atoms with Crippen molar-refractivity contribution in [1.82, 2.24) is 0 Å². The molecule has 0 saturated carbocycles. The summed E-state index contributed by atoms with van der Waals surface area (Å²) in [7, 11) is 0. The Bertz CT molecular complexity index is 659. The predicted octanol–water partition coefficient (Wildman–Crippen LogP) is 6.39. The molecule has 0 aliphatic carbocycles. The number of hydrogen-bond acceptors (Lipinski definition) is 1. The zero-order valence-corrected chi connectivity index (χ0v) is 13.5. The summed E-state index contributed by atoms with van der Waals surface area (Å²) in [5.41, 5.74) is -0.0459. The van der Waals surface area contributed by atoms with Crippen LogP contribution in [0, 0.1) is 0 Å². The topological polar surface area (TPSA) is 12.0 Å². The first kappa shape index (κ1) is 16.5. The van der Waals surface area contributed by atoms with Gasteiger partial charge in [-0.25, -0.2) is 0 Å². The van der Waals surface area contributed by atoms with E-state index in [1.807, 2.05) is 0 Å². The van der Waals surface area contributed by atoms with Gasteiger partial charge in [0.25, 0.3) is 0 Å². The Morgan fingerprint density at radius 3 is 2.38 bits per heavy atom. The van der Waals surface area contributed by atoms with Crippen LogP contribution in [0.3, 0.4) is 0 Å². The Labute approximate surface area is 138 Å². The molecule has 0 aliphatic rings. The van der Waals surface area contributed by atoms with E-state index in [9.17, 15) is 13.2 Å². The van der Waals surface area contributed by atoms with E-state index in [0.717, 1.165) is 16.1 Å². The van der Waals surface area contributed by atoms with Crippen molar-refractivity contribution in [2.75, 3.05) is 5.32 Å². The summed E-state index contributed by atoms with van der Waals surface area (Å²) in [6.07, 6.45) is -4.47. The number of anilines is 1. The van der Waals surface area contributed by atoms with Crippen LogP contribution in [0.2, 0.25) is 10.0 Å². The lowest BCUT2D eigenvalue weighted by atomic mass is 10.1. The van der Waals surface area contributed by atoms with E-state index in [0.29, 0.717) is 5.02 Å². The van der Waals surface area contributed by atoms with Crippen molar-refractivity contribution in [3.63, 3.8) is 0 Å². The number of benzene rings is 2. The van der Waals surface area contributed by atoms with Gasteiger partial charge in [0, 0.05) is 21.7 Å². The average molecular weight is 399 g/mol. The molecule has 0 atom stereocenters. The smallest absolute Gasteiger partial charge is 0.380 e. The molecule has 0 heterocycles. The maximum absolute atomic E-state index is 12.9. The van der Waals surface area contributed by atoms with E-state index < -0.39 is 11.7 Å². The minimum absolute atomic E-state index is 0.0223. The minimum atomic E-state index is -4.47. The predicted molar refractivity (Wildman–Crippen MR) is 82.9 cm³/mol. The fourth-order valence-electron chi connectivity index (χ4n) is 1.75. The van der Waals surface area contributed by atoms with Crippen molar-refractivity contribution in [3.8, 4) is 0 Å². The largest absolute Gasteiger partial charge is 0.418 e. The maximum atomic E-state index is 12.9. The third-order valence-corrected chi connectivity index (χ3v) is 4.22. The lowest BCUT2D eigenvalue weighted by Gasteiger charge is -2.15. The summed E-state index contributed by atoms with van der Waals surface area (Å²) in [6.45, 7) is 0.220. The molecule has 7 heteroatoms. The Balaban J connectivity index is 2.22. The molecule has 0 bridgehead atoms. The SMILES string of the molecule is FC(F)(F)c1cc(Cl)ccc1NCc1ccc(Br)c(Cl)c1. The van der Waals surface area contributed by atoms with E-state index in [4.69, 9.17) is 23.2 Å². The summed E-state index contributed by atoms with van der Waals surface area (Å²) in [6, 6.07) is 8.82. The highest BCUT2D eigenvalue weighted by atomic mass is 79.9. The zero-order valence-electron chi connectivity index (χ0n) is 10.4. The van der Waals surface area contributed by atoms with Crippen LogP contribution in [-0.2, 0) is 12.7 Å². The number of alkyl halides is 3. The highest BCUT2D eigenvalue weighted by Gasteiger charge is 2.33. The van der Waals surface area contributed by atoms with Gasteiger partial charge in [0.15, 0.2) is 0 Å². The van der Waals surface area contributed by atoms with E-state index in [1.54, 1.807) is 18.2 Å². The van der Waals surface area contributed by atoms with Gasteiger partial charge < -0.3 is 5.32 Å². The molecule has 0 amide bonds. The molecule has 2 aromatic carbocycles. The zero-order chi connectivity index (χ0) is 15.6. The van der Waals surface area contributed by atoms with Gasteiger partial charge in [0.1, 0.15) is 0 Å². The minimum Gasteiger partial charge on any atom is -0.380 e. The third-order valence-electron chi connectivity index (χ3n) is 2.75. The van der Waals surface area contributed by atoms with Crippen molar-refractivity contribution >= 4 is 44.8 Å². The molecule has 0 unspecified atom stereocenters. The molecule has 2 rings (SSSR count). The second-order valence-corrected chi connectivity index (χ2v) is 5.99. The number of nitrogens with one attached hydrogen (secondary N) is 1. The van der Waals surface area contributed by atoms with Gasteiger partial charge in [-0.05, 0) is 51.8 Å². The number of hydrogen-bond donors (Lipinski definition) is 1. The summed E-state index contributed by atoms with van der Waals surface area (Å²) in [5.74, 6) is 0. The van der Waals surface area contributed by atoms with Gasteiger partial charge in [-0.3, -0.25) is 0 Å². The molecule has 0 aromatic heterocycles. The summed E-state index contributed by atoms with van der Waals surface area (Å²) < 4.78 is 39.6. The van der Waals surface area contributed by atoms with Crippen molar-refractivity contribution in [1.29, 1.82) is 0 Å². The molecule has 2 aromatic rings. The lowest BCUT2D eigenvalue weighted by Crippen LogP contribution is -2.10. The molecule has 1 N–H and O–H groups in total. The second kappa shape index (κ2) is 6.46. The normalized spacial score (nSPS) is 11.5. The van der Waals surface area contributed by atoms with Crippen LogP contribution in [0.25, 0.3) is 0 Å². The van der Waals surface area contributed by atoms with E-state index in [-0.39, 0.29) is 17.3 Å². The molecular formula is C14H9BrCl2F3N. The third kappa shape index (κ3) is 4.28. The molecule has 112 valence electrons. The van der Waals surface area contributed by atoms with Crippen LogP contribution in [0.5, 0.6) is 0 Å². The summed E-state index contributed by atoms with van der Waals surface area (Å²) in [4.78, 5) is 0. The molecule has 0 radical (unpaired) electrons. The Morgan fingerprint density at radius 1 is 1.05 bits per heavy atom. The van der Waals surface area contributed by atoms with Crippen LogP contribution in [-0.4, -0.2) is 0 Å². The van der Waals surface area contributed by atoms with Crippen molar-refractivity contribution in [3.05, 3.63) is 62.0 Å². The van der Waals surface area contributed by atoms with Crippen molar-refractivity contribution < 1.29 is 13.2 Å². The standard InChI is InChI=1S/C14H9BrCl2F3N/c15-11-3-1-8(5-12(11)17)7-21-13-4-2-9(16)6-10(13)14(18,19)20/h1-6,21H,7H2. The van der Waals surface area contributed by atoms with E-state index in [2.05, 4.69) is 21.2 Å². The molecule has 0 spiro atoms. The van der Waals surface area contributed by atoms with Gasteiger partial charge in [-0.15, -0.1) is 0 Å². The highest BCUT2D eigenvalue weighted by molar-refractivity contribution is 9.10. The highest BCUT2D eigenvalue weighted by Crippen LogP contribution is 2.36. The Kier molecular flexibility index (Phi) is 5.07. The summed E-state index contributed by atoms with van der Waals surface area (Å²) in [5, 5.41) is 3.30. The Morgan fingerprint density at radius 2 is 1.76 bits per heavy atom. The van der Waals surface area contributed by atoms with Gasteiger partial charge in [0.05, 0.1) is 10.6 Å². The van der Waals surface area contributed by atoms with Crippen molar-refractivity contribution in [2.45, 2.75) is 12.7 Å². The molecule has 0 aliphatic heterocycles. The number of rotatable bonds is 3. The van der Waals surface area contributed by atoms with Crippen LogP contribution < -0.4 is 5.32 Å². The first-order chi connectivity index (χ1) is 9.77. The van der Waals surface area contributed by atoms with Gasteiger partial charge in [-0.1, -0.05) is 29.3 Å². The van der Waals surface area contributed by atoms with E-state index in [1.165, 1.54) is 12.1 Å². The van der Waals surface area contributed by atoms with Crippen molar-refractivity contribution in [2.24, 2.45) is 0 Å². The fourth-order valence-corrected chi connectivity index (χ4v) is 2.37. The van der Waals surface area contributed by atoms with Crippen LogP contribution in [0.1, 0.15) is 11.1 Å². The second-order valence-electron chi connectivity index (χ2n) is 4.29. The summed E-state index contributed by atoms with van der Waals surface area (Å²) >= 11 is 14.8. The Hall–Kier alpha value is -0.910. The van der Waals surface area contributed by atoms with Crippen LogP contribution >= 0.6 is 39.1 Å². The monoisotopic (exact) mass is 397 g/mol. The average Bonchev–Trinajstić information content (AvgIpc) is 2.40. The van der Waals surface area contributed by atoms with Gasteiger partial charge >= 0.3 is 6.18 Å². The molecule has 0 saturated heterocycles. The van der Waals surface area contributed by atoms with Gasteiger partial charge in [0.2, 0.25) is 0 Å². The quantitative estimate of drug-likeness (QED) is 0.631. The lowest BCUT2D eigenvalue weighted by molar-refractivity contribution is -0.136. The molecule has 21 heavy (non-hydrogen) atoms. The maximum Gasteiger partial charge on any atom is 0.418 e. The van der Waals surface area contributed by atoms with Crippen LogP contribution in [0.4, 0.5) is 18.9 Å². The first-order valence-corrected chi connectivity index (χ1v) is 7.37. The van der Waals surface area contributed by atoms with Gasteiger partial charge in [-0.2, -0.15) is 13.2 Å². The van der Waals surface area contributed by atoms with E-state index >= 15 is 0 Å². The molecule has 1 nitrogen and oxygen atoms in total. The first-order valence-electron chi connectivity index (χ1n) is 5.82.